The summed E-state index contributed by atoms with van der Waals surface area (Å²) in [5.41, 5.74) is 5.49. The van der Waals surface area contributed by atoms with Gasteiger partial charge in [0.1, 0.15) is 5.75 Å². The van der Waals surface area contributed by atoms with Gasteiger partial charge in [-0.25, -0.2) is 4.79 Å². The minimum absolute atomic E-state index is 0.0631. The maximum atomic E-state index is 11.1. The SMILES string of the molecule is COc1ccc(C(=O)O)cc1NC(=O)CN. The molecule has 86 valence electrons. The number of hydrogen-bond donors (Lipinski definition) is 3. The van der Waals surface area contributed by atoms with Gasteiger partial charge in [0.15, 0.2) is 0 Å². The molecule has 0 fully saturated rings. The molecule has 0 aromatic heterocycles. The molecule has 1 aromatic carbocycles. The largest absolute Gasteiger partial charge is 0.495 e. The fourth-order valence-electron chi connectivity index (χ4n) is 1.14. The van der Waals surface area contributed by atoms with Gasteiger partial charge in [-0.15, -0.1) is 0 Å². The number of rotatable bonds is 4. The van der Waals surface area contributed by atoms with Crippen LogP contribution in [0.2, 0.25) is 0 Å². The van der Waals surface area contributed by atoms with E-state index in [2.05, 4.69) is 5.32 Å². The van der Waals surface area contributed by atoms with Crippen molar-refractivity contribution in [1.29, 1.82) is 0 Å². The molecule has 0 heterocycles. The molecule has 1 aromatic rings. The number of carboxylic acids is 1. The van der Waals surface area contributed by atoms with Crippen LogP contribution in [0, 0.1) is 0 Å². The van der Waals surface area contributed by atoms with Crippen molar-refractivity contribution in [2.45, 2.75) is 0 Å². The number of carbonyl (C=O) groups excluding carboxylic acids is 1. The highest BCUT2D eigenvalue weighted by Crippen LogP contribution is 2.25. The van der Waals surface area contributed by atoms with E-state index >= 15 is 0 Å². The van der Waals surface area contributed by atoms with E-state index in [1.807, 2.05) is 0 Å². The molecule has 0 spiro atoms. The van der Waals surface area contributed by atoms with E-state index in [1.54, 1.807) is 0 Å². The number of benzene rings is 1. The highest BCUT2D eigenvalue weighted by atomic mass is 16.5. The number of amides is 1. The molecule has 1 rings (SSSR count). The summed E-state index contributed by atoms with van der Waals surface area (Å²) in [4.78, 5) is 21.8. The molecule has 0 aliphatic rings. The Hall–Kier alpha value is -2.08. The molecule has 6 heteroatoms. The predicted octanol–water partition coefficient (Wildman–Crippen LogP) is 0.291. The summed E-state index contributed by atoms with van der Waals surface area (Å²) >= 11 is 0. The fraction of sp³-hybridized carbons (Fsp3) is 0.200. The van der Waals surface area contributed by atoms with Crippen molar-refractivity contribution in [2.24, 2.45) is 5.73 Å². The van der Waals surface area contributed by atoms with Crippen LogP contribution in [-0.2, 0) is 4.79 Å². The lowest BCUT2D eigenvalue weighted by atomic mass is 10.2. The zero-order chi connectivity index (χ0) is 12.1. The number of aromatic carboxylic acids is 1. The Morgan fingerprint density at radius 2 is 2.19 bits per heavy atom. The molecule has 1 amide bonds. The average Bonchev–Trinajstić information content (AvgIpc) is 2.28. The maximum absolute atomic E-state index is 11.1. The van der Waals surface area contributed by atoms with Gasteiger partial charge in [0, 0.05) is 0 Å². The Bertz CT molecular complexity index is 417. The summed E-state index contributed by atoms with van der Waals surface area (Å²) < 4.78 is 4.98. The minimum atomic E-state index is -1.08. The van der Waals surface area contributed by atoms with E-state index in [9.17, 15) is 9.59 Å². The van der Waals surface area contributed by atoms with Gasteiger partial charge >= 0.3 is 5.97 Å². The number of nitrogens with one attached hydrogen (secondary N) is 1. The Morgan fingerprint density at radius 1 is 1.50 bits per heavy atom. The van der Waals surface area contributed by atoms with Crippen molar-refractivity contribution in [3.8, 4) is 5.75 Å². The first-order chi connectivity index (χ1) is 7.58. The molecule has 6 nitrogen and oxygen atoms in total. The van der Waals surface area contributed by atoms with E-state index in [4.69, 9.17) is 15.6 Å². The average molecular weight is 224 g/mol. The standard InChI is InChI=1S/C10H12N2O4/c1-16-8-3-2-6(10(14)15)4-7(8)12-9(13)5-11/h2-4H,5,11H2,1H3,(H,12,13)(H,14,15). The van der Waals surface area contributed by atoms with E-state index in [-0.39, 0.29) is 17.8 Å². The minimum Gasteiger partial charge on any atom is -0.495 e. The van der Waals surface area contributed by atoms with Gasteiger partial charge in [-0.3, -0.25) is 4.79 Å². The number of anilines is 1. The first-order valence-corrected chi connectivity index (χ1v) is 4.49. The van der Waals surface area contributed by atoms with Crippen molar-refractivity contribution in [2.75, 3.05) is 19.0 Å². The monoisotopic (exact) mass is 224 g/mol. The summed E-state index contributed by atoms with van der Waals surface area (Å²) in [6, 6.07) is 4.17. The van der Waals surface area contributed by atoms with Gasteiger partial charge in [0.05, 0.1) is 24.9 Å². The summed E-state index contributed by atoms with van der Waals surface area (Å²) in [6.07, 6.45) is 0. The second-order valence-electron chi connectivity index (χ2n) is 2.97. The van der Waals surface area contributed by atoms with Gasteiger partial charge in [0.2, 0.25) is 5.91 Å². The van der Waals surface area contributed by atoms with Crippen LogP contribution in [0.1, 0.15) is 10.4 Å². The van der Waals surface area contributed by atoms with E-state index in [0.29, 0.717) is 5.75 Å². The van der Waals surface area contributed by atoms with Crippen molar-refractivity contribution in [1.82, 2.24) is 0 Å². The van der Waals surface area contributed by atoms with Gasteiger partial charge < -0.3 is 20.9 Å². The normalized spacial score (nSPS) is 9.62. The first kappa shape index (κ1) is 12.0. The number of carbonyl (C=O) groups is 2. The molecule has 0 atom stereocenters. The van der Waals surface area contributed by atoms with Crippen LogP contribution in [-0.4, -0.2) is 30.6 Å². The smallest absolute Gasteiger partial charge is 0.335 e. The van der Waals surface area contributed by atoms with E-state index < -0.39 is 11.9 Å². The Balaban J connectivity index is 3.06. The van der Waals surface area contributed by atoms with Gasteiger partial charge in [0.25, 0.3) is 0 Å². The highest BCUT2D eigenvalue weighted by Gasteiger charge is 2.10. The van der Waals surface area contributed by atoms with Crippen LogP contribution in [0.5, 0.6) is 5.75 Å². The summed E-state index contributed by atoms with van der Waals surface area (Å²) in [6.45, 7) is -0.180. The molecule has 4 N–H and O–H groups in total. The van der Waals surface area contributed by atoms with E-state index in [1.165, 1.54) is 25.3 Å². The second-order valence-corrected chi connectivity index (χ2v) is 2.97. The third-order valence-corrected chi connectivity index (χ3v) is 1.91. The molecule has 16 heavy (non-hydrogen) atoms. The highest BCUT2D eigenvalue weighted by molar-refractivity contribution is 5.96. The zero-order valence-electron chi connectivity index (χ0n) is 8.69. The zero-order valence-corrected chi connectivity index (χ0v) is 8.69. The van der Waals surface area contributed by atoms with Crippen LogP contribution in [0.25, 0.3) is 0 Å². The number of nitrogens with two attached hydrogens (primary N) is 1. The summed E-state index contributed by atoms with van der Waals surface area (Å²) in [5.74, 6) is -1.11. The molecule has 0 radical (unpaired) electrons. The molecule has 0 aliphatic carbocycles. The first-order valence-electron chi connectivity index (χ1n) is 4.49. The number of carboxylic acid groups (broad SMARTS) is 1. The van der Waals surface area contributed by atoms with Crippen molar-refractivity contribution >= 4 is 17.6 Å². The van der Waals surface area contributed by atoms with Crippen molar-refractivity contribution in [3.05, 3.63) is 23.8 Å². The summed E-state index contributed by atoms with van der Waals surface area (Å²) in [7, 11) is 1.42. The molecular weight excluding hydrogens is 212 g/mol. The second kappa shape index (κ2) is 5.13. The third kappa shape index (κ3) is 2.71. The molecule has 0 unspecified atom stereocenters. The predicted molar refractivity (Wildman–Crippen MR) is 57.6 cm³/mol. The van der Waals surface area contributed by atoms with Crippen LogP contribution in [0.3, 0.4) is 0 Å². The Morgan fingerprint density at radius 3 is 2.69 bits per heavy atom. The van der Waals surface area contributed by atoms with Crippen LogP contribution < -0.4 is 15.8 Å². The van der Waals surface area contributed by atoms with Crippen LogP contribution >= 0.6 is 0 Å². The van der Waals surface area contributed by atoms with Gasteiger partial charge in [-0.1, -0.05) is 0 Å². The summed E-state index contributed by atoms with van der Waals surface area (Å²) in [5, 5.41) is 11.2. The molecule has 0 bridgehead atoms. The van der Waals surface area contributed by atoms with Gasteiger partial charge in [-0.2, -0.15) is 0 Å². The number of methoxy groups -OCH3 is 1. The molecule has 0 saturated heterocycles. The molecule has 0 aliphatic heterocycles. The van der Waals surface area contributed by atoms with Crippen LogP contribution in [0.15, 0.2) is 18.2 Å². The van der Waals surface area contributed by atoms with Crippen LogP contribution in [0.4, 0.5) is 5.69 Å². The lowest BCUT2D eigenvalue weighted by Gasteiger charge is -2.10. The van der Waals surface area contributed by atoms with Crippen molar-refractivity contribution in [3.63, 3.8) is 0 Å². The molecule has 0 saturated carbocycles. The number of ether oxygens (including phenoxy) is 1. The molecular formula is C10H12N2O4. The lowest BCUT2D eigenvalue weighted by molar-refractivity contribution is -0.114. The maximum Gasteiger partial charge on any atom is 0.335 e. The van der Waals surface area contributed by atoms with Gasteiger partial charge in [-0.05, 0) is 18.2 Å². The topological polar surface area (TPSA) is 102 Å². The third-order valence-electron chi connectivity index (χ3n) is 1.91. The fourth-order valence-corrected chi connectivity index (χ4v) is 1.14. The lowest BCUT2D eigenvalue weighted by Crippen LogP contribution is -2.22. The number of hydrogen-bond acceptors (Lipinski definition) is 4. The van der Waals surface area contributed by atoms with Crippen molar-refractivity contribution < 1.29 is 19.4 Å². The quantitative estimate of drug-likeness (QED) is 0.682. The Kier molecular flexibility index (Phi) is 3.84. The van der Waals surface area contributed by atoms with E-state index in [0.717, 1.165) is 0 Å². The Labute approximate surface area is 92.0 Å².